The molecular formula is C13H16F3NO2. The monoisotopic (exact) mass is 275 g/mol. The first-order valence-electron chi connectivity index (χ1n) is 5.98. The van der Waals surface area contributed by atoms with E-state index in [1.807, 2.05) is 6.92 Å². The fourth-order valence-electron chi connectivity index (χ4n) is 1.75. The highest BCUT2D eigenvalue weighted by Gasteiger charge is 2.30. The molecule has 0 spiro atoms. The molecule has 0 heterocycles. The number of hydrogen-bond donors (Lipinski definition) is 1. The zero-order chi connectivity index (χ0) is 14.5. The van der Waals surface area contributed by atoms with Crippen LogP contribution in [-0.4, -0.2) is 24.2 Å². The number of carboxylic acid groups (broad SMARTS) is 1. The Labute approximate surface area is 109 Å². The molecule has 0 saturated carbocycles. The van der Waals surface area contributed by atoms with Gasteiger partial charge in [0.15, 0.2) is 0 Å². The van der Waals surface area contributed by atoms with Crippen LogP contribution in [0.2, 0.25) is 0 Å². The average Bonchev–Trinajstić information content (AvgIpc) is 2.33. The molecule has 0 amide bonds. The molecule has 1 rings (SSSR count). The Morgan fingerprint density at radius 3 is 2.53 bits per heavy atom. The minimum atomic E-state index is -4.39. The molecule has 19 heavy (non-hydrogen) atoms. The largest absolute Gasteiger partial charge is 0.481 e. The van der Waals surface area contributed by atoms with Gasteiger partial charge in [0, 0.05) is 18.8 Å². The molecule has 0 aliphatic carbocycles. The van der Waals surface area contributed by atoms with Gasteiger partial charge in [0.2, 0.25) is 0 Å². The van der Waals surface area contributed by atoms with Crippen molar-refractivity contribution in [1.29, 1.82) is 0 Å². The first-order chi connectivity index (χ1) is 8.84. The number of halogens is 3. The number of aliphatic carboxylic acids is 1. The first kappa shape index (κ1) is 15.3. The van der Waals surface area contributed by atoms with Gasteiger partial charge in [0.25, 0.3) is 0 Å². The van der Waals surface area contributed by atoms with Gasteiger partial charge < -0.3 is 10.0 Å². The highest BCUT2D eigenvalue weighted by molar-refractivity contribution is 5.67. The van der Waals surface area contributed by atoms with Crippen molar-refractivity contribution in [2.24, 2.45) is 0 Å². The van der Waals surface area contributed by atoms with E-state index in [4.69, 9.17) is 5.11 Å². The van der Waals surface area contributed by atoms with Crippen LogP contribution in [-0.2, 0) is 11.0 Å². The van der Waals surface area contributed by atoms with Crippen molar-refractivity contribution < 1.29 is 23.1 Å². The summed E-state index contributed by atoms with van der Waals surface area (Å²) in [6.07, 6.45) is -3.76. The van der Waals surface area contributed by atoms with Gasteiger partial charge in [-0.3, -0.25) is 4.79 Å². The topological polar surface area (TPSA) is 40.5 Å². The van der Waals surface area contributed by atoms with Gasteiger partial charge in [-0.15, -0.1) is 0 Å². The van der Waals surface area contributed by atoms with Crippen LogP contribution in [0.4, 0.5) is 18.9 Å². The van der Waals surface area contributed by atoms with Gasteiger partial charge in [-0.1, -0.05) is 13.0 Å². The zero-order valence-corrected chi connectivity index (χ0v) is 10.6. The van der Waals surface area contributed by atoms with Crippen LogP contribution in [0.25, 0.3) is 0 Å². The van der Waals surface area contributed by atoms with Crippen LogP contribution >= 0.6 is 0 Å². The van der Waals surface area contributed by atoms with Crippen LogP contribution in [0.5, 0.6) is 0 Å². The Bertz CT molecular complexity index is 432. The van der Waals surface area contributed by atoms with Crippen LogP contribution in [0.3, 0.4) is 0 Å². The van der Waals surface area contributed by atoms with Crippen molar-refractivity contribution in [2.75, 3.05) is 18.0 Å². The van der Waals surface area contributed by atoms with E-state index in [0.29, 0.717) is 12.2 Å². The third kappa shape index (κ3) is 4.81. The molecule has 0 atom stereocenters. The van der Waals surface area contributed by atoms with E-state index in [-0.39, 0.29) is 13.0 Å². The third-order valence-corrected chi connectivity index (χ3v) is 2.63. The summed E-state index contributed by atoms with van der Waals surface area (Å²) < 4.78 is 37.9. The maximum Gasteiger partial charge on any atom is 0.416 e. The Morgan fingerprint density at radius 2 is 2.00 bits per heavy atom. The molecular weight excluding hydrogens is 259 g/mol. The smallest absolute Gasteiger partial charge is 0.416 e. The second-order valence-corrected chi connectivity index (χ2v) is 4.18. The highest BCUT2D eigenvalue weighted by Crippen LogP contribution is 2.31. The molecule has 3 nitrogen and oxygen atoms in total. The van der Waals surface area contributed by atoms with Crippen LogP contribution in [0.1, 0.15) is 25.3 Å². The number of benzene rings is 1. The van der Waals surface area contributed by atoms with Crippen molar-refractivity contribution in [1.82, 2.24) is 0 Å². The molecule has 1 aromatic carbocycles. The van der Waals surface area contributed by atoms with Crippen LogP contribution in [0.15, 0.2) is 24.3 Å². The van der Waals surface area contributed by atoms with Gasteiger partial charge in [-0.05, 0) is 24.6 Å². The van der Waals surface area contributed by atoms with Crippen molar-refractivity contribution in [3.63, 3.8) is 0 Å². The molecule has 6 heteroatoms. The molecule has 0 radical (unpaired) electrons. The van der Waals surface area contributed by atoms with E-state index >= 15 is 0 Å². The molecule has 0 unspecified atom stereocenters. The van der Waals surface area contributed by atoms with Crippen molar-refractivity contribution in [2.45, 2.75) is 25.9 Å². The predicted octanol–water partition coefficient (Wildman–Crippen LogP) is 3.40. The summed E-state index contributed by atoms with van der Waals surface area (Å²) in [5, 5.41) is 8.65. The summed E-state index contributed by atoms with van der Waals surface area (Å²) in [6.45, 7) is 2.61. The van der Waals surface area contributed by atoms with E-state index in [0.717, 1.165) is 18.6 Å². The number of rotatable bonds is 6. The molecule has 0 aliphatic rings. The average molecular weight is 275 g/mol. The molecule has 1 aromatic rings. The van der Waals surface area contributed by atoms with Gasteiger partial charge >= 0.3 is 12.1 Å². The van der Waals surface area contributed by atoms with E-state index in [1.165, 1.54) is 6.07 Å². The first-order valence-corrected chi connectivity index (χ1v) is 5.98. The van der Waals surface area contributed by atoms with Crippen molar-refractivity contribution in [3.8, 4) is 0 Å². The Morgan fingerprint density at radius 1 is 1.32 bits per heavy atom. The zero-order valence-electron chi connectivity index (χ0n) is 10.6. The Kier molecular flexibility index (Phi) is 5.20. The second kappa shape index (κ2) is 6.45. The predicted molar refractivity (Wildman–Crippen MR) is 66.2 cm³/mol. The summed E-state index contributed by atoms with van der Waals surface area (Å²) in [7, 11) is 0. The SMILES string of the molecule is CCCN(CCC(=O)O)c1cccc(C(F)(F)F)c1. The minimum absolute atomic E-state index is 0.101. The summed E-state index contributed by atoms with van der Waals surface area (Å²) in [5.41, 5.74) is -0.320. The lowest BCUT2D eigenvalue weighted by Crippen LogP contribution is -2.27. The molecule has 1 N–H and O–H groups in total. The van der Waals surface area contributed by atoms with Crippen molar-refractivity contribution >= 4 is 11.7 Å². The Hall–Kier alpha value is -1.72. The van der Waals surface area contributed by atoms with Gasteiger partial charge in [0.1, 0.15) is 0 Å². The van der Waals surface area contributed by atoms with Gasteiger partial charge in [0.05, 0.1) is 12.0 Å². The van der Waals surface area contributed by atoms with Crippen LogP contribution in [0, 0.1) is 0 Å². The summed E-state index contributed by atoms with van der Waals surface area (Å²) >= 11 is 0. The number of nitrogens with zero attached hydrogens (tertiary/aromatic N) is 1. The third-order valence-electron chi connectivity index (χ3n) is 2.63. The number of anilines is 1. The van der Waals surface area contributed by atoms with E-state index < -0.39 is 17.7 Å². The normalized spacial score (nSPS) is 11.4. The number of carbonyl (C=O) groups is 1. The van der Waals surface area contributed by atoms with Crippen LogP contribution < -0.4 is 4.90 Å². The minimum Gasteiger partial charge on any atom is -0.481 e. The quantitative estimate of drug-likeness (QED) is 0.865. The number of alkyl halides is 3. The molecule has 106 valence electrons. The Balaban J connectivity index is 2.92. The van der Waals surface area contributed by atoms with Gasteiger partial charge in [-0.2, -0.15) is 13.2 Å². The maximum absolute atomic E-state index is 12.6. The van der Waals surface area contributed by atoms with E-state index in [2.05, 4.69) is 0 Å². The maximum atomic E-state index is 12.6. The molecule has 0 fully saturated rings. The number of carboxylic acids is 1. The van der Waals surface area contributed by atoms with Crippen molar-refractivity contribution in [3.05, 3.63) is 29.8 Å². The lowest BCUT2D eigenvalue weighted by Gasteiger charge is -2.24. The van der Waals surface area contributed by atoms with E-state index in [1.54, 1.807) is 11.0 Å². The van der Waals surface area contributed by atoms with E-state index in [9.17, 15) is 18.0 Å². The fraction of sp³-hybridized carbons (Fsp3) is 0.462. The molecule has 0 aromatic heterocycles. The summed E-state index contributed by atoms with van der Waals surface area (Å²) in [6, 6.07) is 4.96. The molecule has 0 bridgehead atoms. The number of hydrogen-bond acceptors (Lipinski definition) is 2. The molecule has 0 saturated heterocycles. The summed E-state index contributed by atoms with van der Waals surface area (Å²) in [4.78, 5) is 12.2. The lowest BCUT2D eigenvalue weighted by molar-refractivity contribution is -0.138. The fourth-order valence-corrected chi connectivity index (χ4v) is 1.75. The second-order valence-electron chi connectivity index (χ2n) is 4.18. The highest BCUT2D eigenvalue weighted by atomic mass is 19.4. The van der Waals surface area contributed by atoms with Gasteiger partial charge in [-0.25, -0.2) is 0 Å². The molecule has 0 aliphatic heterocycles. The summed E-state index contributed by atoms with van der Waals surface area (Å²) in [5.74, 6) is -0.965. The lowest BCUT2D eigenvalue weighted by atomic mass is 10.1. The standard InChI is InChI=1S/C13H16F3NO2/c1-2-7-17(8-6-12(18)19)11-5-3-4-10(9-11)13(14,15)16/h3-5,9H,2,6-8H2,1H3,(H,18,19).